The number of hydrogen-bond donors (Lipinski definition) is 1. The van der Waals surface area contributed by atoms with E-state index in [1.807, 2.05) is 13.8 Å². The fraction of sp³-hybridized carbons (Fsp3) is 0.929. The van der Waals surface area contributed by atoms with E-state index in [4.69, 9.17) is 0 Å². The number of carbonyl (C=O) groups is 1. The van der Waals surface area contributed by atoms with E-state index in [0.29, 0.717) is 11.8 Å². The Morgan fingerprint density at radius 3 is 2.22 bits per heavy atom. The zero-order valence-electron chi connectivity index (χ0n) is 11.7. The molecule has 0 aromatic carbocycles. The maximum absolute atomic E-state index is 11.2. The molecular weight excluding hydrogens is 228 g/mol. The summed E-state index contributed by atoms with van der Waals surface area (Å²) in [5, 5.41) is 9.82. The first-order valence-corrected chi connectivity index (χ1v) is 7.14. The maximum atomic E-state index is 11.2. The van der Waals surface area contributed by atoms with Crippen molar-refractivity contribution in [1.29, 1.82) is 0 Å². The van der Waals surface area contributed by atoms with Gasteiger partial charge in [-0.05, 0) is 26.7 Å². The van der Waals surface area contributed by atoms with Gasteiger partial charge in [-0.2, -0.15) is 0 Å². The summed E-state index contributed by atoms with van der Waals surface area (Å²) in [6.07, 6.45) is 3.64. The van der Waals surface area contributed by atoms with Crippen molar-refractivity contribution in [2.24, 2.45) is 0 Å². The van der Waals surface area contributed by atoms with Crippen LogP contribution in [0.25, 0.3) is 0 Å². The highest BCUT2D eigenvalue weighted by molar-refractivity contribution is 5.79. The summed E-state index contributed by atoms with van der Waals surface area (Å²) in [5.74, 6) is 0.437. The summed E-state index contributed by atoms with van der Waals surface area (Å²) < 4.78 is 0. The molecule has 4 heteroatoms. The van der Waals surface area contributed by atoms with E-state index in [2.05, 4.69) is 9.80 Å². The maximum Gasteiger partial charge on any atom is 0.133 e. The standard InChI is InChI=1S/C14H26N2O2/c1-14(2,18)11-15-7-9-16(10-8-15)12-3-5-13(17)6-4-12/h12,18H,3-11H2,1-2H3. The molecule has 2 fully saturated rings. The summed E-state index contributed by atoms with van der Waals surface area (Å²) in [5.41, 5.74) is -0.598. The van der Waals surface area contributed by atoms with Crippen molar-refractivity contribution in [3.8, 4) is 0 Å². The Morgan fingerprint density at radius 1 is 1.17 bits per heavy atom. The molecule has 0 atom stereocenters. The third-order valence-electron chi connectivity index (χ3n) is 4.05. The van der Waals surface area contributed by atoms with Crippen molar-refractivity contribution in [2.75, 3.05) is 32.7 Å². The molecule has 0 radical (unpaired) electrons. The molecule has 1 N–H and O–H groups in total. The van der Waals surface area contributed by atoms with Crippen LogP contribution in [0.5, 0.6) is 0 Å². The number of rotatable bonds is 3. The summed E-state index contributed by atoms with van der Waals surface area (Å²) >= 11 is 0. The van der Waals surface area contributed by atoms with Gasteiger partial charge in [-0.3, -0.25) is 14.6 Å². The van der Waals surface area contributed by atoms with Crippen LogP contribution in [0.3, 0.4) is 0 Å². The molecule has 1 aliphatic heterocycles. The quantitative estimate of drug-likeness (QED) is 0.812. The number of ketones is 1. The van der Waals surface area contributed by atoms with E-state index in [1.54, 1.807) is 0 Å². The number of piperazine rings is 1. The Labute approximate surface area is 110 Å². The Bertz CT molecular complexity index is 281. The molecule has 2 aliphatic rings. The number of nitrogens with zero attached hydrogens (tertiary/aromatic N) is 2. The van der Waals surface area contributed by atoms with Crippen LogP contribution in [0.4, 0.5) is 0 Å². The second-order valence-corrected chi connectivity index (χ2v) is 6.39. The second-order valence-electron chi connectivity index (χ2n) is 6.39. The third kappa shape index (κ3) is 4.04. The van der Waals surface area contributed by atoms with Gasteiger partial charge in [0.1, 0.15) is 5.78 Å². The highest BCUT2D eigenvalue weighted by Gasteiger charge is 2.28. The van der Waals surface area contributed by atoms with Gasteiger partial charge in [0.05, 0.1) is 5.60 Å². The molecule has 18 heavy (non-hydrogen) atoms. The van der Waals surface area contributed by atoms with Crippen molar-refractivity contribution >= 4 is 5.78 Å². The lowest BCUT2D eigenvalue weighted by molar-refractivity contribution is -0.121. The predicted octanol–water partition coefficient (Wildman–Crippen LogP) is 0.887. The molecule has 0 amide bonds. The lowest BCUT2D eigenvalue weighted by Crippen LogP contribution is -2.53. The largest absolute Gasteiger partial charge is 0.389 e. The lowest BCUT2D eigenvalue weighted by Gasteiger charge is -2.41. The van der Waals surface area contributed by atoms with Gasteiger partial charge in [0.15, 0.2) is 0 Å². The Balaban J connectivity index is 1.75. The number of hydrogen-bond acceptors (Lipinski definition) is 4. The molecule has 1 heterocycles. The van der Waals surface area contributed by atoms with Gasteiger partial charge in [-0.15, -0.1) is 0 Å². The van der Waals surface area contributed by atoms with Crippen LogP contribution in [0.2, 0.25) is 0 Å². The molecule has 0 aromatic heterocycles. The zero-order valence-corrected chi connectivity index (χ0v) is 11.7. The minimum absolute atomic E-state index is 0.437. The highest BCUT2D eigenvalue weighted by Crippen LogP contribution is 2.22. The summed E-state index contributed by atoms with van der Waals surface area (Å²) in [4.78, 5) is 16.1. The summed E-state index contributed by atoms with van der Waals surface area (Å²) in [7, 11) is 0. The van der Waals surface area contributed by atoms with Gasteiger partial charge in [0.25, 0.3) is 0 Å². The molecule has 2 rings (SSSR count). The van der Waals surface area contributed by atoms with Crippen LogP contribution in [0.15, 0.2) is 0 Å². The van der Waals surface area contributed by atoms with E-state index >= 15 is 0 Å². The van der Waals surface area contributed by atoms with Crippen molar-refractivity contribution in [1.82, 2.24) is 9.80 Å². The zero-order chi connectivity index (χ0) is 13.2. The van der Waals surface area contributed by atoms with Crippen LogP contribution in [0.1, 0.15) is 39.5 Å². The first-order chi connectivity index (χ1) is 8.44. The smallest absolute Gasteiger partial charge is 0.133 e. The Morgan fingerprint density at radius 2 is 1.72 bits per heavy atom. The van der Waals surface area contributed by atoms with Gasteiger partial charge >= 0.3 is 0 Å². The van der Waals surface area contributed by atoms with E-state index in [-0.39, 0.29) is 0 Å². The van der Waals surface area contributed by atoms with Crippen LogP contribution in [-0.4, -0.2) is 65.1 Å². The predicted molar refractivity (Wildman–Crippen MR) is 71.6 cm³/mol. The number of β-amino-alcohol motifs (C(OH)–C–C–N with tert-alkyl or cyclic N) is 1. The average Bonchev–Trinajstić information content (AvgIpc) is 2.29. The van der Waals surface area contributed by atoms with Crippen LogP contribution < -0.4 is 0 Å². The van der Waals surface area contributed by atoms with E-state index < -0.39 is 5.60 Å². The van der Waals surface area contributed by atoms with Gasteiger partial charge in [-0.25, -0.2) is 0 Å². The first-order valence-electron chi connectivity index (χ1n) is 7.14. The average molecular weight is 254 g/mol. The van der Waals surface area contributed by atoms with Gasteiger partial charge in [0.2, 0.25) is 0 Å². The number of aliphatic hydroxyl groups is 1. The van der Waals surface area contributed by atoms with Crippen LogP contribution >= 0.6 is 0 Å². The fourth-order valence-electron chi connectivity index (χ4n) is 3.12. The second kappa shape index (κ2) is 5.68. The topological polar surface area (TPSA) is 43.8 Å². The molecule has 1 saturated heterocycles. The minimum atomic E-state index is -0.598. The number of carbonyl (C=O) groups excluding carboxylic acids is 1. The van der Waals surface area contributed by atoms with E-state index in [1.165, 1.54) is 0 Å². The monoisotopic (exact) mass is 254 g/mol. The normalized spacial score (nSPS) is 25.6. The molecule has 0 bridgehead atoms. The van der Waals surface area contributed by atoms with Crippen molar-refractivity contribution < 1.29 is 9.90 Å². The van der Waals surface area contributed by atoms with Crippen molar-refractivity contribution in [3.63, 3.8) is 0 Å². The van der Waals surface area contributed by atoms with Gasteiger partial charge in [0, 0.05) is 51.6 Å². The Hall–Kier alpha value is -0.450. The molecule has 4 nitrogen and oxygen atoms in total. The van der Waals surface area contributed by atoms with Crippen LogP contribution in [-0.2, 0) is 4.79 Å². The molecular formula is C14H26N2O2. The Kier molecular flexibility index (Phi) is 4.41. The number of Topliss-reactive ketones (excluding diaryl/α,β-unsaturated/α-hetero) is 1. The molecule has 0 unspecified atom stereocenters. The molecule has 1 saturated carbocycles. The molecule has 1 aliphatic carbocycles. The summed E-state index contributed by atoms with van der Waals surface area (Å²) in [6.45, 7) is 8.72. The van der Waals surface area contributed by atoms with E-state index in [0.717, 1.165) is 58.4 Å². The lowest BCUT2D eigenvalue weighted by atomic mass is 9.92. The fourth-order valence-corrected chi connectivity index (χ4v) is 3.12. The van der Waals surface area contributed by atoms with Gasteiger partial charge < -0.3 is 5.11 Å². The van der Waals surface area contributed by atoms with Crippen molar-refractivity contribution in [3.05, 3.63) is 0 Å². The van der Waals surface area contributed by atoms with Crippen LogP contribution in [0, 0.1) is 0 Å². The van der Waals surface area contributed by atoms with Gasteiger partial charge in [-0.1, -0.05) is 0 Å². The highest BCUT2D eigenvalue weighted by atomic mass is 16.3. The third-order valence-corrected chi connectivity index (χ3v) is 4.05. The molecule has 0 aromatic rings. The summed E-state index contributed by atoms with van der Waals surface area (Å²) in [6, 6.07) is 0.618. The first kappa shape index (κ1) is 14.0. The molecule has 104 valence electrons. The van der Waals surface area contributed by atoms with Crippen molar-refractivity contribution in [2.45, 2.75) is 51.2 Å². The SMILES string of the molecule is CC(C)(O)CN1CCN(C2CCC(=O)CC2)CC1. The minimum Gasteiger partial charge on any atom is -0.389 e. The van der Waals surface area contributed by atoms with E-state index in [9.17, 15) is 9.90 Å². The molecule has 0 spiro atoms.